The molecule has 4 N–H and O–H groups in total. The summed E-state index contributed by atoms with van der Waals surface area (Å²) in [7, 11) is 0. The van der Waals surface area contributed by atoms with E-state index in [2.05, 4.69) is 56.0 Å². The molecule has 8 aromatic rings. The van der Waals surface area contributed by atoms with E-state index < -0.39 is 5.97 Å². The molecule has 0 unspecified atom stereocenters. The van der Waals surface area contributed by atoms with Gasteiger partial charge in [0.25, 0.3) is 5.91 Å². The molecule has 0 saturated carbocycles. The molecule has 1 amide bonds. The van der Waals surface area contributed by atoms with Crippen LogP contribution in [0.1, 0.15) is 33.8 Å². The van der Waals surface area contributed by atoms with E-state index in [0.717, 1.165) is 72.5 Å². The highest BCUT2D eigenvalue weighted by Crippen LogP contribution is 2.25. The number of aromatic nitrogens is 6. The average molecular weight is 765 g/mol. The van der Waals surface area contributed by atoms with E-state index in [4.69, 9.17) is 19.7 Å². The average Bonchev–Trinajstić information content (AvgIpc) is 4.10. The quantitative estimate of drug-likeness (QED) is 0.175. The van der Waals surface area contributed by atoms with Gasteiger partial charge in [-0.2, -0.15) is 0 Å². The van der Waals surface area contributed by atoms with Crippen molar-refractivity contribution in [2.75, 3.05) is 36.0 Å². The van der Waals surface area contributed by atoms with Gasteiger partial charge in [-0.15, -0.1) is 0 Å². The van der Waals surface area contributed by atoms with Crippen LogP contribution >= 0.6 is 0 Å². The Morgan fingerprint density at radius 2 is 1.19 bits per heavy atom. The summed E-state index contributed by atoms with van der Waals surface area (Å²) in [4.78, 5) is 44.7. The second-order valence-corrected chi connectivity index (χ2v) is 13.6. The lowest BCUT2D eigenvalue weighted by atomic mass is 10.2. The first-order valence-corrected chi connectivity index (χ1v) is 18.5. The van der Waals surface area contributed by atoms with Crippen LogP contribution in [0.3, 0.4) is 0 Å². The van der Waals surface area contributed by atoms with Crippen molar-refractivity contribution in [1.82, 2.24) is 34.1 Å². The van der Waals surface area contributed by atoms with Crippen molar-refractivity contribution >= 4 is 34.5 Å². The lowest BCUT2D eigenvalue weighted by molar-refractivity contribution is 0.0690. The summed E-state index contributed by atoms with van der Waals surface area (Å²) in [6, 6.07) is 27.2. The number of aromatic carboxylic acids is 1. The minimum absolute atomic E-state index is 0.0430. The topological polar surface area (TPSA) is 186 Å². The number of benzene rings is 2. The number of carboxylic acid groups (broad SMARTS) is 1. The highest BCUT2D eigenvalue weighted by Gasteiger charge is 2.27. The van der Waals surface area contributed by atoms with Crippen LogP contribution in [-0.4, -0.2) is 84.0 Å². The van der Waals surface area contributed by atoms with Crippen molar-refractivity contribution in [2.24, 2.45) is 5.73 Å². The number of carbonyl (C=O) groups is 2. The number of rotatable bonds is 7. The predicted octanol–water partition coefficient (Wildman–Crippen LogP) is 5.91. The highest BCUT2D eigenvalue weighted by molar-refractivity contribution is 5.92. The van der Waals surface area contributed by atoms with Gasteiger partial charge in [-0.25, -0.2) is 24.7 Å². The van der Waals surface area contributed by atoms with Gasteiger partial charge in [-0.1, -0.05) is 36.4 Å². The van der Waals surface area contributed by atoms with Gasteiger partial charge in [0.15, 0.2) is 23.0 Å². The number of nitrogens with zero attached hydrogens (tertiary/aromatic N) is 8. The molecule has 2 saturated heterocycles. The maximum Gasteiger partial charge on any atom is 0.357 e. The van der Waals surface area contributed by atoms with Crippen molar-refractivity contribution in [3.05, 3.63) is 146 Å². The van der Waals surface area contributed by atoms with Crippen LogP contribution < -0.4 is 20.9 Å². The Morgan fingerprint density at radius 3 is 1.72 bits per heavy atom. The number of amides is 1. The van der Waals surface area contributed by atoms with Crippen LogP contribution in [0, 0.1) is 0 Å². The first-order chi connectivity index (χ1) is 27.9. The number of carbonyl (C=O) groups excluding carboxylic acids is 1. The van der Waals surface area contributed by atoms with E-state index in [9.17, 15) is 9.59 Å². The normalized spacial score (nSPS) is 16.2. The second kappa shape index (κ2) is 16.6. The third-order valence-corrected chi connectivity index (χ3v) is 9.71. The largest absolute Gasteiger partial charge is 0.476 e. The molecule has 2 aromatic carbocycles. The zero-order chi connectivity index (χ0) is 39.1. The summed E-state index contributed by atoms with van der Waals surface area (Å²) in [5.74, 6) is 1.46. The number of fused-ring (bicyclic) bond motifs is 2. The van der Waals surface area contributed by atoms with Gasteiger partial charge < -0.3 is 43.6 Å². The Kier molecular flexibility index (Phi) is 10.7. The van der Waals surface area contributed by atoms with Crippen LogP contribution in [0.4, 0.5) is 11.6 Å². The van der Waals surface area contributed by atoms with Gasteiger partial charge in [0.1, 0.15) is 12.5 Å². The number of hydrogen-bond acceptors (Lipinski definition) is 11. The predicted molar refractivity (Wildman–Crippen MR) is 214 cm³/mol. The smallest absolute Gasteiger partial charge is 0.357 e. The van der Waals surface area contributed by atoms with Gasteiger partial charge in [0.2, 0.25) is 11.8 Å². The van der Waals surface area contributed by atoms with E-state index in [1.165, 1.54) is 6.26 Å². The molecular weight excluding hydrogens is 725 g/mol. The Labute approximate surface area is 327 Å². The van der Waals surface area contributed by atoms with Crippen LogP contribution in [0.25, 0.3) is 33.9 Å². The number of oxazole rings is 2. The highest BCUT2D eigenvalue weighted by atomic mass is 16.4. The Bertz CT molecular complexity index is 2580. The number of carboxylic acids is 1. The number of anilines is 2. The first kappa shape index (κ1) is 36.7. The van der Waals surface area contributed by atoms with Crippen molar-refractivity contribution in [1.29, 1.82) is 0 Å². The minimum Gasteiger partial charge on any atom is -0.476 e. The summed E-state index contributed by atoms with van der Waals surface area (Å²) in [5, 5.41) is 11.7. The third-order valence-electron chi connectivity index (χ3n) is 9.71. The summed E-state index contributed by atoms with van der Waals surface area (Å²) >= 11 is 0. The fraction of sp³-hybridized carbons (Fsp3) is 0.190. The molecule has 15 heteroatoms. The van der Waals surface area contributed by atoms with Gasteiger partial charge in [-0.3, -0.25) is 4.79 Å². The van der Waals surface area contributed by atoms with Crippen LogP contribution in [0.2, 0.25) is 0 Å². The number of hydrogen-bond donors (Lipinski definition) is 3. The third kappa shape index (κ3) is 8.38. The molecule has 0 spiro atoms. The van der Waals surface area contributed by atoms with Crippen LogP contribution in [-0.2, 0) is 0 Å². The van der Waals surface area contributed by atoms with Crippen molar-refractivity contribution in [3.8, 4) is 22.9 Å². The molecule has 0 aliphatic carbocycles. The zero-order valence-electron chi connectivity index (χ0n) is 30.8. The Morgan fingerprint density at radius 1 is 0.667 bits per heavy atom. The molecule has 2 aliphatic rings. The molecule has 2 atom stereocenters. The van der Waals surface area contributed by atoms with E-state index in [1.54, 1.807) is 18.3 Å². The number of nitrogens with one attached hydrogen (secondary N) is 1. The summed E-state index contributed by atoms with van der Waals surface area (Å²) in [6.45, 7) is 3.49. The van der Waals surface area contributed by atoms with Crippen LogP contribution in [0.15, 0.2) is 143 Å². The van der Waals surface area contributed by atoms with Gasteiger partial charge in [0, 0.05) is 86.6 Å². The second-order valence-electron chi connectivity index (χ2n) is 13.6. The first-order valence-electron chi connectivity index (χ1n) is 18.5. The van der Waals surface area contributed by atoms with E-state index in [0.29, 0.717) is 30.1 Å². The SMILES string of the molecule is N[C@H]1CCN(c2nccn3cccc23)C1.O=C(N[C@H]1CCN(c2nccn3cccc23)C1)c1coc(-c2ccccc2)n1.O=C(O)c1coc(-c2ccccc2)n1. The number of nitrogens with two attached hydrogens (primary N) is 1. The van der Waals surface area contributed by atoms with Crippen molar-refractivity contribution < 1.29 is 23.5 Å². The summed E-state index contributed by atoms with van der Waals surface area (Å²) in [6.07, 6.45) is 16.0. The standard InChI is InChI=1S/C21H19N5O2.C11H14N4.C10H7NO3/c27-20(17-14-28-21(24-17)15-5-2-1-3-6-15)23-16-8-11-26(13-16)19-18-7-4-10-25(18)12-9-22-19;12-9-3-6-15(8-9)11-10-2-1-5-14(10)7-4-13-11;12-10(13)8-6-14-9(11-8)7-4-2-1-3-5-7/h1-7,9-10,12,14,16H,8,11,13H2,(H,23,27);1-2,4-5,7,9H,3,6,8,12H2;1-6H,(H,12,13)/t16-;9-;/m00./s1. The fourth-order valence-electron chi connectivity index (χ4n) is 6.88. The van der Waals surface area contributed by atoms with Gasteiger partial charge in [0.05, 0.1) is 11.0 Å². The zero-order valence-corrected chi connectivity index (χ0v) is 30.8. The molecule has 15 nitrogen and oxygen atoms in total. The molecule has 288 valence electrons. The lowest BCUT2D eigenvalue weighted by Gasteiger charge is -2.18. The fourth-order valence-corrected chi connectivity index (χ4v) is 6.88. The molecule has 2 fully saturated rings. The van der Waals surface area contributed by atoms with E-state index in [1.807, 2.05) is 91.6 Å². The maximum atomic E-state index is 12.6. The molecular formula is C42H40N10O5. The molecule has 0 radical (unpaired) electrons. The summed E-state index contributed by atoms with van der Waals surface area (Å²) in [5.41, 5.74) is 9.96. The minimum atomic E-state index is -1.09. The molecule has 6 aromatic heterocycles. The molecule has 0 bridgehead atoms. The molecule has 2 aliphatic heterocycles. The molecule has 8 heterocycles. The lowest BCUT2D eigenvalue weighted by Crippen LogP contribution is -2.37. The van der Waals surface area contributed by atoms with Crippen molar-refractivity contribution in [3.63, 3.8) is 0 Å². The monoisotopic (exact) mass is 764 g/mol. The Balaban J connectivity index is 0.000000132. The Hall–Kier alpha value is -7.26. The van der Waals surface area contributed by atoms with Gasteiger partial charge >= 0.3 is 5.97 Å². The molecule has 10 rings (SSSR count). The van der Waals surface area contributed by atoms with Gasteiger partial charge in [-0.05, 0) is 61.4 Å². The van der Waals surface area contributed by atoms with E-state index >= 15 is 0 Å². The van der Waals surface area contributed by atoms with Crippen molar-refractivity contribution in [2.45, 2.75) is 24.9 Å². The maximum absolute atomic E-state index is 12.6. The van der Waals surface area contributed by atoms with E-state index in [-0.39, 0.29) is 17.6 Å². The molecule has 57 heavy (non-hydrogen) atoms. The van der Waals surface area contributed by atoms with Crippen LogP contribution in [0.5, 0.6) is 0 Å². The summed E-state index contributed by atoms with van der Waals surface area (Å²) < 4.78 is 14.6.